The molecule has 0 aliphatic rings. The van der Waals surface area contributed by atoms with Crippen molar-refractivity contribution in [3.8, 4) is 11.3 Å². The zero-order chi connectivity index (χ0) is 14.8. The van der Waals surface area contributed by atoms with Gasteiger partial charge in [0.05, 0.1) is 23.7 Å². The van der Waals surface area contributed by atoms with Crippen LogP contribution in [-0.2, 0) is 6.18 Å². The van der Waals surface area contributed by atoms with E-state index in [0.717, 1.165) is 12.1 Å². The number of alkyl halides is 3. The number of hydrogen-bond donors (Lipinski definition) is 1. The van der Waals surface area contributed by atoms with Gasteiger partial charge in [0, 0.05) is 12.1 Å². The Morgan fingerprint density at radius 3 is 2.55 bits per heavy atom. The Kier molecular flexibility index (Phi) is 3.92. The van der Waals surface area contributed by atoms with E-state index in [1.54, 1.807) is 13.1 Å². The second-order valence-corrected chi connectivity index (χ2v) is 4.35. The molecule has 2 aromatic rings. The van der Waals surface area contributed by atoms with E-state index in [4.69, 9.17) is 0 Å². The van der Waals surface area contributed by atoms with Crippen molar-refractivity contribution in [2.75, 3.05) is 11.9 Å². The van der Waals surface area contributed by atoms with E-state index < -0.39 is 11.7 Å². The summed E-state index contributed by atoms with van der Waals surface area (Å²) in [5.41, 5.74) is 1.05. The summed E-state index contributed by atoms with van der Waals surface area (Å²) >= 11 is 0. The number of nitrogens with zero attached hydrogens (tertiary/aromatic N) is 2. The summed E-state index contributed by atoms with van der Waals surface area (Å²) in [6.07, 6.45) is -1.22. The van der Waals surface area contributed by atoms with Crippen LogP contribution in [0.15, 0.2) is 30.6 Å². The van der Waals surface area contributed by atoms with Crippen molar-refractivity contribution >= 4 is 5.82 Å². The van der Waals surface area contributed by atoms with E-state index in [1.807, 2.05) is 6.92 Å². The van der Waals surface area contributed by atoms with Crippen molar-refractivity contribution in [1.29, 1.82) is 0 Å². The van der Waals surface area contributed by atoms with Gasteiger partial charge in [-0.05, 0) is 31.5 Å². The van der Waals surface area contributed by atoms with Gasteiger partial charge >= 0.3 is 6.18 Å². The summed E-state index contributed by atoms with van der Waals surface area (Å²) in [5, 5.41) is 3.02. The van der Waals surface area contributed by atoms with Crippen LogP contribution in [-0.4, -0.2) is 16.5 Å². The third kappa shape index (κ3) is 3.07. The highest BCUT2D eigenvalue weighted by Crippen LogP contribution is 2.32. The molecule has 0 bridgehead atoms. The Morgan fingerprint density at radius 2 is 1.95 bits per heavy atom. The average molecular weight is 281 g/mol. The largest absolute Gasteiger partial charge is 0.416 e. The first-order valence-corrected chi connectivity index (χ1v) is 6.16. The standard InChI is InChI=1S/C14H14F3N3/c1-3-19-13-8-18-7-12(20-13)11-5-4-10(6-9(11)2)14(15,16)17/h4-8H,3H2,1-2H3,(H,19,20). The van der Waals surface area contributed by atoms with E-state index in [9.17, 15) is 13.2 Å². The van der Waals surface area contributed by atoms with Gasteiger partial charge in [0.2, 0.25) is 0 Å². The highest BCUT2D eigenvalue weighted by atomic mass is 19.4. The van der Waals surface area contributed by atoms with Crippen LogP contribution in [0.4, 0.5) is 19.0 Å². The lowest BCUT2D eigenvalue weighted by Crippen LogP contribution is -2.05. The number of halogens is 3. The topological polar surface area (TPSA) is 37.8 Å². The molecule has 0 spiro atoms. The highest BCUT2D eigenvalue weighted by molar-refractivity contribution is 5.64. The lowest BCUT2D eigenvalue weighted by atomic mass is 10.0. The maximum absolute atomic E-state index is 12.6. The zero-order valence-electron chi connectivity index (χ0n) is 11.1. The molecule has 1 N–H and O–H groups in total. The van der Waals surface area contributed by atoms with Crippen molar-refractivity contribution in [2.45, 2.75) is 20.0 Å². The first-order chi connectivity index (χ1) is 9.41. The van der Waals surface area contributed by atoms with Gasteiger partial charge in [-0.25, -0.2) is 4.98 Å². The van der Waals surface area contributed by atoms with Crippen LogP contribution in [0.25, 0.3) is 11.3 Å². The molecule has 0 aliphatic carbocycles. The lowest BCUT2D eigenvalue weighted by Gasteiger charge is -2.11. The first-order valence-electron chi connectivity index (χ1n) is 6.16. The lowest BCUT2D eigenvalue weighted by molar-refractivity contribution is -0.137. The molecule has 1 aromatic heterocycles. The third-order valence-corrected chi connectivity index (χ3v) is 2.82. The number of aromatic nitrogens is 2. The first kappa shape index (κ1) is 14.3. The maximum atomic E-state index is 12.6. The van der Waals surface area contributed by atoms with Crippen molar-refractivity contribution in [1.82, 2.24) is 9.97 Å². The fourth-order valence-electron chi connectivity index (χ4n) is 1.89. The van der Waals surface area contributed by atoms with Crippen LogP contribution in [0.3, 0.4) is 0 Å². The van der Waals surface area contributed by atoms with Gasteiger partial charge in [-0.3, -0.25) is 4.98 Å². The molecule has 1 aromatic carbocycles. The Hall–Kier alpha value is -2.11. The molecule has 0 atom stereocenters. The summed E-state index contributed by atoms with van der Waals surface area (Å²) in [5.74, 6) is 0.601. The number of nitrogens with one attached hydrogen (secondary N) is 1. The molecule has 20 heavy (non-hydrogen) atoms. The van der Waals surface area contributed by atoms with Crippen LogP contribution in [0.1, 0.15) is 18.1 Å². The molecule has 6 heteroatoms. The average Bonchev–Trinajstić information content (AvgIpc) is 2.38. The Morgan fingerprint density at radius 1 is 1.20 bits per heavy atom. The molecule has 2 rings (SSSR count). The number of hydrogen-bond acceptors (Lipinski definition) is 3. The molecule has 0 saturated carbocycles. The van der Waals surface area contributed by atoms with Crippen molar-refractivity contribution in [3.63, 3.8) is 0 Å². The van der Waals surface area contributed by atoms with E-state index in [2.05, 4.69) is 15.3 Å². The summed E-state index contributed by atoms with van der Waals surface area (Å²) in [6, 6.07) is 3.61. The fraction of sp³-hybridized carbons (Fsp3) is 0.286. The van der Waals surface area contributed by atoms with E-state index in [-0.39, 0.29) is 0 Å². The monoisotopic (exact) mass is 281 g/mol. The summed E-state index contributed by atoms with van der Waals surface area (Å²) < 4.78 is 37.9. The molecule has 1 heterocycles. The number of anilines is 1. The van der Waals surface area contributed by atoms with Gasteiger partial charge < -0.3 is 5.32 Å². The van der Waals surface area contributed by atoms with Gasteiger partial charge in [-0.1, -0.05) is 6.07 Å². The van der Waals surface area contributed by atoms with Crippen LogP contribution < -0.4 is 5.32 Å². The summed E-state index contributed by atoms with van der Waals surface area (Å²) in [6.45, 7) is 4.26. The molecular weight excluding hydrogens is 267 g/mol. The second kappa shape index (κ2) is 5.48. The van der Waals surface area contributed by atoms with Gasteiger partial charge in [0.15, 0.2) is 0 Å². The maximum Gasteiger partial charge on any atom is 0.416 e. The van der Waals surface area contributed by atoms with Gasteiger partial charge in [-0.15, -0.1) is 0 Å². The molecule has 0 radical (unpaired) electrons. The minimum Gasteiger partial charge on any atom is -0.369 e. The van der Waals surface area contributed by atoms with Gasteiger partial charge in [0.1, 0.15) is 5.82 Å². The zero-order valence-corrected chi connectivity index (χ0v) is 11.1. The molecular formula is C14H14F3N3. The molecule has 106 valence electrons. The minimum absolute atomic E-state index is 0.516. The van der Waals surface area contributed by atoms with Crippen LogP contribution in [0.5, 0.6) is 0 Å². The fourth-order valence-corrected chi connectivity index (χ4v) is 1.89. The SMILES string of the molecule is CCNc1cncc(-c2ccc(C(F)(F)F)cc2C)n1. The molecule has 0 aliphatic heterocycles. The Balaban J connectivity index is 2.41. The second-order valence-electron chi connectivity index (χ2n) is 4.35. The van der Waals surface area contributed by atoms with Crippen molar-refractivity contribution in [3.05, 3.63) is 41.7 Å². The predicted molar refractivity (Wildman–Crippen MR) is 71.4 cm³/mol. The Labute approximate surface area is 114 Å². The smallest absolute Gasteiger partial charge is 0.369 e. The highest BCUT2D eigenvalue weighted by Gasteiger charge is 2.30. The number of benzene rings is 1. The van der Waals surface area contributed by atoms with Crippen molar-refractivity contribution in [2.24, 2.45) is 0 Å². The third-order valence-electron chi connectivity index (χ3n) is 2.82. The van der Waals surface area contributed by atoms with Crippen molar-refractivity contribution < 1.29 is 13.2 Å². The minimum atomic E-state index is -4.33. The molecule has 0 unspecified atom stereocenters. The summed E-state index contributed by atoms with van der Waals surface area (Å²) in [7, 11) is 0. The Bertz CT molecular complexity index is 609. The van der Waals surface area contributed by atoms with E-state index in [0.29, 0.717) is 29.2 Å². The van der Waals surface area contributed by atoms with Crippen LogP contribution >= 0.6 is 0 Å². The van der Waals surface area contributed by atoms with Crippen LogP contribution in [0.2, 0.25) is 0 Å². The molecule has 0 saturated heterocycles. The van der Waals surface area contributed by atoms with Gasteiger partial charge in [0.25, 0.3) is 0 Å². The van der Waals surface area contributed by atoms with E-state index in [1.165, 1.54) is 12.3 Å². The summed E-state index contributed by atoms with van der Waals surface area (Å²) in [4.78, 5) is 8.38. The molecule has 3 nitrogen and oxygen atoms in total. The van der Waals surface area contributed by atoms with E-state index >= 15 is 0 Å². The quantitative estimate of drug-likeness (QED) is 0.927. The predicted octanol–water partition coefficient (Wildman–Crippen LogP) is 3.90. The normalized spacial score (nSPS) is 11.4. The molecule has 0 amide bonds. The number of rotatable bonds is 3. The molecule has 0 fully saturated rings. The number of aryl methyl sites for hydroxylation is 1. The van der Waals surface area contributed by atoms with Crippen LogP contribution in [0, 0.1) is 6.92 Å². The van der Waals surface area contributed by atoms with Gasteiger partial charge in [-0.2, -0.15) is 13.2 Å².